The molecule has 0 fully saturated rings. The van der Waals surface area contributed by atoms with Crippen LogP contribution in [0.4, 0.5) is 0 Å². The van der Waals surface area contributed by atoms with Gasteiger partial charge in [-0.1, -0.05) is 27.7 Å². The van der Waals surface area contributed by atoms with Gasteiger partial charge in [0.25, 0.3) is 0 Å². The number of carbonyl (C=O) groups is 1. The summed E-state index contributed by atoms with van der Waals surface area (Å²) < 4.78 is 5.39. The van der Waals surface area contributed by atoms with E-state index in [9.17, 15) is 4.79 Å². The van der Waals surface area contributed by atoms with E-state index in [2.05, 4.69) is 29.4 Å². The minimum atomic E-state index is -0.189. The Labute approximate surface area is 102 Å². The number of nitrogens with one attached hydrogen (secondary N) is 1. The lowest BCUT2D eigenvalue weighted by atomic mass is 10.0. The highest BCUT2D eigenvalue weighted by atomic mass is 16.4. The van der Waals surface area contributed by atoms with Crippen LogP contribution in [0.1, 0.15) is 51.9 Å². The predicted octanol–water partition coefficient (Wildman–Crippen LogP) is 2.24. The number of aromatic nitrogens is 2. The smallest absolute Gasteiger partial charge is 0.238 e. The molecule has 1 rings (SSSR count). The van der Waals surface area contributed by atoms with Crippen molar-refractivity contribution in [1.82, 2.24) is 15.5 Å². The van der Waals surface area contributed by atoms with Crippen molar-refractivity contribution < 1.29 is 9.21 Å². The van der Waals surface area contributed by atoms with Gasteiger partial charge in [-0.15, -0.1) is 10.2 Å². The van der Waals surface area contributed by atoms with Crippen molar-refractivity contribution in [3.8, 4) is 0 Å². The summed E-state index contributed by atoms with van der Waals surface area (Å²) in [5.41, 5.74) is 0. The van der Waals surface area contributed by atoms with Gasteiger partial charge in [-0.2, -0.15) is 0 Å². The third kappa shape index (κ3) is 4.17. The topological polar surface area (TPSA) is 68.0 Å². The fourth-order valence-electron chi connectivity index (χ4n) is 1.48. The van der Waals surface area contributed by atoms with Crippen molar-refractivity contribution >= 4 is 5.91 Å². The summed E-state index contributed by atoms with van der Waals surface area (Å²) in [6.45, 7) is 9.66. The van der Waals surface area contributed by atoms with Gasteiger partial charge in [-0.25, -0.2) is 0 Å². The van der Waals surface area contributed by atoms with E-state index in [0.29, 0.717) is 17.7 Å². The number of aryl methyl sites for hydroxylation is 1. The molecule has 1 amide bonds. The van der Waals surface area contributed by atoms with E-state index in [1.165, 1.54) is 0 Å². The van der Waals surface area contributed by atoms with E-state index in [-0.39, 0.29) is 17.9 Å². The van der Waals surface area contributed by atoms with Crippen LogP contribution in [-0.2, 0) is 4.79 Å². The van der Waals surface area contributed by atoms with Crippen LogP contribution in [0.5, 0.6) is 0 Å². The summed E-state index contributed by atoms with van der Waals surface area (Å²) in [5, 5.41) is 10.7. The molecule has 0 saturated carbocycles. The predicted molar refractivity (Wildman–Crippen MR) is 64.2 cm³/mol. The molecular formula is C12H21N3O2. The SMILES string of the molecule is Cc1nnc(C(CC(C)C)NC(=O)C(C)C)o1. The second kappa shape index (κ2) is 5.80. The average Bonchev–Trinajstić information content (AvgIpc) is 2.62. The molecular weight excluding hydrogens is 218 g/mol. The zero-order valence-corrected chi connectivity index (χ0v) is 11.2. The molecule has 96 valence electrons. The Morgan fingerprint density at radius 2 is 1.94 bits per heavy atom. The van der Waals surface area contributed by atoms with Gasteiger partial charge < -0.3 is 9.73 Å². The molecule has 0 bridgehead atoms. The van der Waals surface area contributed by atoms with E-state index in [1.807, 2.05) is 13.8 Å². The van der Waals surface area contributed by atoms with Gasteiger partial charge in [0.1, 0.15) is 6.04 Å². The molecule has 1 atom stereocenters. The lowest BCUT2D eigenvalue weighted by Gasteiger charge is -2.18. The van der Waals surface area contributed by atoms with E-state index < -0.39 is 0 Å². The quantitative estimate of drug-likeness (QED) is 0.855. The fraction of sp³-hybridized carbons (Fsp3) is 0.750. The first-order valence-electron chi connectivity index (χ1n) is 6.00. The standard InChI is InChI=1S/C12H21N3O2/c1-7(2)6-10(13-11(16)8(3)4)12-15-14-9(5)17-12/h7-8,10H,6H2,1-5H3,(H,13,16). The number of nitrogens with zero attached hydrogens (tertiary/aromatic N) is 2. The van der Waals surface area contributed by atoms with Crippen molar-refractivity contribution in [2.45, 2.75) is 47.1 Å². The van der Waals surface area contributed by atoms with Crippen LogP contribution < -0.4 is 5.32 Å². The monoisotopic (exact) mass is 239 g/mol. The maximum Gasteiger partial charge on any atom is 0.238 e. The number of carbonyl (C=O) groups excluding carboxylic acids is 1. The third-order valence-corrected chi connectivity index (χ3v) is 2.39. The van der Waals surface area contributed by atoms with Gasteiger partial charge in [0, 0.05) is 12.8 Å². The van der Waals surface area contributed by atoms with Gasteiger partial charge in [-0.05, 0) is 12.3 Å². The zero-order valence-electron chi connectivity index (χ0n) is 11.2. The van der Waals surface area contributed by atoms with Gasteiger partial charge >= 0.3 is 0 Å². The molecule has 1 unspecified atom stereocenters. The first kappa shape index (κ1) is 13.7. The molecule has 5 nitrogen and oxygen atoms in total. The van der Waals surface area contributed by atoms with Crippen molar-refractivity contribution in [2.24, 2.45) is 11.8 Å². The maximum absolute atomic E-state index is 11.7. The summed E-state index contributed by atoms with van der Waals surface area (Å²) in [6, 6.07) is -0.189. The van der Waals surface area contributed by atoms with Gasteiger partial charge in [-0.3, -0.25) is 4.79 Å². The molecule has 0 spiro atoms. The minimum absolute atomic E-state index is 0.00602. The minimum Gasteiger partial charge on any atom is -0.423 e. The van der Waals surface area contributed by atoms with Gasteiger partial charge in [0.05, 0.1) is 0 Å². The van der Waals surface area contributed by atoms with E-state index >= 15 is 0 Å². The molecule has 1 aromatic rings. The first-order valence-corrected chi connectivity index (χ1v) is 6.00. The fourth-order valence-corrected chi connectivity index (χ4v) is 1.48. The molecule has 1 heterocycles. The Balaban J connectivity index is 2.77. The van der Waals surface area contributed by atoms with Crippen LogP contribution in [0.3, 0.4) is 0 Å². The lowest BCUT2D eigenvalue weighted by Crippen LogP contribution is -2.32. The van der Waals surface area contributed by atoms with Crippen molar-refractivity contribution in [2.75, 3.05) is 0 Å². The Morgan fingerprint density at radius 1 is 1.29 bits per heavy atom. The van der Waals surface area contributed by atoms with Gasteiger partial charge in [0.2, 0.25) is 17.7 Å². The van der Waals surface area contributed by atoms with Crippen molar-refractivity contribution in [3.63, 3.8) is 0 Å². The average molecular weight is 239 g/mol. The molecule has 0 aromatic carbocycles. The molecule has 0 aliphatic rings. The summed E-state index contributed by atoms with van der Waals surface area (Å²) in [6.07, 6.45) is 0.792. The van der Waals surface area contributed by atoms with Crippen molar-refractivity contribution in [1.29, 1.82) is 0 Å². The molecule has 1 N–H and O–H groups in total. The largest absolute Gasteiger partial charge is 0.423 e. The normalized spacial score (nSPS) is 13.1. The highest BCUT2D eigenvalue weighted by Crippen LogP contribution is 2.20. The Morgan fingerprint density at radius 3 is 2.35 bits per heavy atom. The highest BCUT2D eigenvalue weighted by Gasteiger charge is 2.22. The molecule has 0 aliphatic heterocycles. The van der Waals surface area contributed by atoms with Crippen LogP contribution in [-0.4, -0.2) is 16.1 Å². The van der Waals surface area contributed by atoms with E-state index in [0.717, 1.165) is 6.42 Å². The van der Waals surface area contributed by atoms with E-state index in [1.54, 1.807) is 6.92 Å². The maximum atomic E-state index is 11.7. The summed E-state index contributed by atoms with van der Waals surface area (Å²) in [5.74, 6) is 1.41. The third-order valence-electron chi connectivity index (χ3n) is 2.39. The van der Waals surface area contributed by atoms with Crippen molar-refractivity contribution in [3.05, 3.63) is 11.8 Å². The number of hydrogen-bond donors (Lipinski definition) is 1. The lowest BCUT2D eigenvalue weighted by molar-refractivity contribution is -0.125. The number of hydrogen-bond acceptors (Lipinski definition) is 4. The van der Waals surface area contributed by atoms with Crippen LogP contribution in [0, 0.1) is 18.8 Å². The number of amides is 1. The highest BCUT2D eigenvalue weighted by molar-refractivity contribution is 5.78. The second-order valence-electron chi connectivity index (χ2n) is 5.00. The second-order valence-corrected chi connectivity index (χ2v) is 5.00. The zero-order chi connectivity index (χ0) is 13.0. The van der Waals surface area contributed by atoms with Gasteiger partial charge in [0.15, 0.2) is 0 Å². The van der Waals surface area contributed by atoms with E-state index in [4.69, 9.17) is 4.42 Å². The Kier molecular flexibility index (Phi) is 4.66. The van der Waals surface area contributed by atoms with Crippen LogP contribution >= 0.6 is 0 Å². The van der Waals surface area contributed by atoms with Crippen LogP contribution in [0.15, 0.2) is 4.42 Å². The van der Waals surface area contributed by atoms with Crippen LogP contribution in [0.25, 0.3) is 0 Å². The molecule has 5 heteroatoms. The summed E-state index contributed by atoms with van der Waals surface area (Å²) in [4.78, 5) is 11.7. The first-order chi connectivity index (χ1) is 7.90. The Hall–Kier alpha value is -1.39. The summed E-state index contributed by atoms with van der Waals surface area (Å²) >= 11 is 0. The molecule has 1 aromatic heterocycles. The summed E-state index contributed by atoms with van der Waals surface area (Å²) in [7, 11) is 0. The van der Waals surface area contributed by atoms with Crippen LogP contribution in [0.2, 0.25) is 0 Å². The molecule has 0 aliphatic carbocycles. The molecule has 0 radical (unpaired) electrons. The Bertz CT molecular complexity index is 372. The molecule has 0 saturated heterocycles. The number of rotatable bonds is 5. The molecule has 17 heavy (non-hydrogen) atoms.